The van der Waals surface area contributed by atoms with Gasteiger partial charge in [0.1, 0.15) is 0 Å². The van der Waals surface area contributed by atoms with Crippen LogP contribution in [-0.2, 0) is 10.8 Å². The van der Waals surface area contributed by atoms with Gasteiger partial charge in [-0.05, 0) is 30.2 Å². The Balaban J connectivity index is 2.62. The molecule has 0 aliphatic rings. The molecule has 0 spiro atoms. The van der Waals surface area contributed by atoms with E-state index in [0.717, 1.165) is 11.3 Å². The Morgan fingerprint density at radius 1 is 1.24 bits per heavy atom. The maximum absolute atomic E-state index is 12.0. The van der Waals surface area contributed by atoms with Crippen LogP contribution in [0.2, 0.25) is 0 Å². The van der Waals surface area contributed by atoms with E-state index in [1.54, 1.807) is 24.3 Å². The van der Waals surface area contributed by atoms with Crippen LogP contribution >= 0.6 is 0 Å². The highest BCUT2D eigenvalue weighted by Gasteiger charge is 2.14. The Morgan fingerprint density at radius 2 is 1.81 bits per heavy atom. The number of amides is 1. The number of carbonyl (C=O) groups is 1. The maximum atomic E-state index is 12.0. The molecule has 0 aromatic heterocycles. The lowest BCUT2D eigenvalue weighted by Gasteiger charge is -2.17. The molecule has 0 aliphatic heterocycles. The zero-order valence-corrected chi connectivity index (χ0v) is 13.9. The summed E-state index contributed by atoms with van der Waals surface area (Å²) < 4.78 is 11.9. The number of hydrogen-bond donors (Lipinski definition) is 2. The number of carbonyl (C=O) groups excluding carboxylic acids is 1. The Morgan fingerprint density at radius 3 is 2.29 bits per heavy atom. The Hall–Kier alpha value is -1.20. The van der Waals surface area contributed by atoms with Gasteiger partial charge >= 0.3 is 0 Å². The van der Waals surface area contributed by atoms with Crippen LogP contribution in [-0.4, -0.2) is 33.1 Å². The molecule has 1 aromatic carbocycles. The summed E-state index contributed by atoms with van der Waals surface area (Å²) in [5, 5.41) is 12.6. The van der Waals surface area contributed by atoms with Crippen LogP contribution in [0.25, 0.3) is 0 Å². The van der Waals surface area contributed by atoms with E-state index >= 15 is 0 Å². The molecular formula is C16H25NO3S. The lowest BCUT2D eigenvalue weighted by atomic mass is 10.0. The summed E-state index contributed by atoms with van der Waals surface area (Å²) in [6.07, 6.45) is 0.332. The van der Waals surface area contributed by atoms with Gasteiger partial charge in [-0.2, -0.15) is 0 Å². The van der Waals surface area contributed by atoms with Gasteiger partial charge in [0.2, 0.25) is 0 Å². The third kappa shape index (κ3) is 5.25. The summed E-state index contributed by atoms with van der Waals surface area (Å²) in [4.78, 5) is 12.7. The van der Waals surface area contributed by atoms with Crippen molar-refractivity contribution in [1.82, 2.24) is 5.32 Å². The van der Waals surface area contributed by atoms with Crippen molar-refractivity contribution in [2.75, 3.05) is 6.54 Å². The SMILES string of the molecule is CCC(C)C(O)CNC(=O)c1ccc(S(=O)C(C)C)cc1. The predicted molar refractivity (Wildman–Crippen MR) is 85.8 cm³/mol. The third-order valence-electron chi connectivity index (χ3n) is 3.55. The molecule has 4 nitrogen and oxygen atoms in total. The fraction of sp³-hybridized carbons (Fsp3) is 0.562. The summed E-state index contributed by atoms with van der Waals surface area (Å²) in [6, 6.07) is 6.77. The van der Waals surface area contributed by atoms with Crippen LogP contribution in [0.5, 0.6) is 0 Å². The number of aliphatic hydroxyl groups excluding tert-OH is 1. The fourth-order valence-corrected chi connectivity index (χ4v) is 2.73. The van der Waals surface area contributed by atoms with E-state index in [9.17, 15) is 14.1 Å². The largest absolute Gasteiger partial charge is 0.391 e. The van der Waals surface area contributed by atoms with Gasteiger partial charge in [0.05, 0.1) is 16.9 Å². The van der Waals surface area contributed by atoms with Gasteiger partial charge < -0.3 is 10.4 Å². The van der Waals surface area contributed by atoms with Crippen molar-refractivity contribution in [1.29, 1.82) is 0 Å². The smallest absolute Gasteiger partial charge is 0.251 e. The predicted octanol–water partition coefficient (Wildman–Crippen LogP) is 2.34. The normalized spacial score (nSPS) is 15.5. The molecule has 1 rings (SSSR count). The molecule has 21 heavy (non-hydrogen) atoms. The van der Waals surface area contributed by atoms with Gasteiger partial charge in [-0.15, -0.1) is 0 Å². The number of rotatable bonds is 7. The monoisotopic (exact) mass is 311 g/mol. The quantitative estimate of drug-likeness (QED) is 0.812. The number of nitrogens with one attached hydrogen (secondary N) is 1. The third-order valence-corrected chi connectivity index (χ3v) is 5.14. The molecule has 3 unspecified atom stereocenters. The van der Waals surface area contributed by atoms with Crippen LogP contribution < -0.4 is 5.32 Å². The molecule has 1 amide bonds. The van der Waals surface area contributed by atoms with Crippen molar-refractivity contribution in [3.05, 3.63) is 29.8 Å². The van der Waals surface area contributed by atoms with Crippen molar-refractivity contribution in [3.63, 3.8) is 0 Å². The molecule has 118 valence electrons. The molecule has 0 aliphatic carbocycles. The highest BCUT2D eigenvalue weighted by atomic mass is 32.2. The molecule has 0 saturated carbocycles. The molecule has 2 N–H and O–H groups in total. The van der Waals surface area contributed by atoms with Gasteiger partial charge in [-0.3, -0.25) is 9.00 Å². The minimum absolute atomic E-state index is 0.0513. The standard InChI is InChI=1S/C16H25NO3S/c1-5-12(4)15(18)10-17-16(19)13-6-8-14(9-7-13)21(20)11(2)3/h6-9,11-12,15,18H,5,10H2,1-4H3,(H,17,19). The maximum Gasteiger partial charge on any atom is 0.251 e. The van der Waals surface area contributed by atoms with E-state index in [4.69, 9.17) is 0 Å². The molecule has 0 radical (unpaired) electrons. The Labute approximate surface area is 129 Å². The van der Waals surface area contributed by atoms with E-state index in [2.05, 4.69) is 5.32 Å². The Bertz CT molecular complexity index is 485. The first-order valence-corrected chi connectivity index (χ1v) is 8.55. The van der Waals surface area contributed by atoms with E-state index in [1.807, 2.05) is 27.7 Å². The van der Waals surface area contributed by atoms with Crippen LogP contribution in [0.3, 0.4) is 0 Å². The molecule has 0 bridgehead atoms. The van der Waals surface area contributed by atoms with Crippen molar-refractivity contribution in [2.24, 2.45) is 5.92 Å². The summed E-state index contributed by atoms with van der Waals surface area (Å²) in [5.41, 5.74) is 0.510. The molecule has 0 fully saturated rings. The molecular weight excluding hydrogens is 286 g/mol. The first-order chi connectivity index (χ1) is 9.86. The minimum atomic E-state index is -1.05. The van der Waals surface area contributed by atoms with E-state index in [-0.39, 0.29) is 23.6 Å². The molecule has 5 heteroatoms. The van der Waals surface area contributed by atoms with Gasteiger partial charge in [-0.1, -0.05) is 34.1 Å². The van der Waals surface area contributed by atoms with Gasteiger partial charge in [0, 0.05) is 22.3 Å². The van der Waals surface area contributed by atoms with Crippen molar-refractivity contribution >= 4 is 16.7 Å². The first kappa shape index (κ1) is 17.9. The summed E-state index contributed by atoms with van der Waals surface area (Å²) in [7, 11) is -1.05. The van der Waals surface area contributed by atoms with Crippen LogP contribution in [0.4, 0.5) is 0 Å². The second-order valence-electron chi connectivity index (χ2n) is 5.53. The van der Waals surface area contributed by atoms with Crippen molar-refractivity contribution < 1.29 is 14.1 Å². The zero-order chi connectivity index (χ0) is 16.0. The fourth-order valence-electron chi connectivity index (χ4n) is 1.79. The number of aliphatic hydroxyl groups is 1. The molecule has 0 heterocycles. The second kappa shape index (κ2) is 8.29. The summed E-state index contributed by atoms with van der Waals surface area (Å²) in [6.45, 7) is 7.99. The van der Waals surface area contributed by atoms with E-state index in [0.29, 0.717) is 5.56 Å². The minimum Gasteiger partial charge on any atom is -0.391 e. The lowest BCUT2D eigenvalue weighted by Crippen LogP contribution is -2.35. The average Bonchev–Trinajstić information content (AvgIpc) is 2.50. The van der Waals surface area contributed by atoms with Gasteiger partial charge in [-0.25, -0.2) is 0 Å². The Kier molecular flexibility index (Phi) is 7.05. The second-order valence-corrected chi connectivity index (χ2v) is 7.54. The van der Waals surface area contributed by atoms with Gasteiger partial charge in [0.25, 0.3) is 5.91 Å². The van der Waals surface area contributed by atoms with Crippen molar-refractivity contribution in [2.45, 2.75) is 50.4 Å². The first-order valence-electron chi connectivity index (χ1n) is 7.33. The van der Waals surface area contributed by atoms with Gasteiger partial charge in [0.15, 0.2) is 0 Å². The van der Waals surface area contributed by atoms with Crippen LogP contribution in [0.1, 0.15) is 44.5 Å². The zero-order valence-electron chi connectivity index (χ0n) is 13.1. The highest BCUT2D eigenvalue weighted by molar-refractivity contribution is 7.85. The molecule has 1 aromatic rings. The topological polar surface area (TPSA) is 66.4 Å². The van der Waals surface area contributed by atoms with Crippen LogP contribution in [0.15, 0.2) is 29.2 Å². The number of benzene rings is 1. The lowest BCUT2D eigenvalue weighted by molar-refractivity contribution is 0.0850. The molecule has 3 atom stereocenters. The summed E-state index contributed by atoms with van der Waals surface area (Å²) >= 11 is 0. The van der Waals surface area contributed by atoms with Crippen molar-refractivity contribution in [3.8, 4) is 0 Å². The number of hydrogen-bond acceptors (Lipinski definition) is 3. The van der Waals surface area contributed by atoms with E-state index < -0.39 is 16.9 Å². The highest BCUT2D eigenvalue weighted by Crippen LogP contribution is 2.13. The van der Waals surface area contributed by atoms with E-state index in [1.165, 1.54) is 0 Å². The molecule has 0 saturated heterocycles. The average molecular weight is 311 g/mol. The van der Waals surface area contributed by atoms with Crippen LogP contribution in [0, 0.1) is 5.92 Å². The summed E-state index contributed by atoms with van der Waals surface area (Å²) in [5.74, 6) is -0.0691.